The van der Waals surface area contributed by atoms with E-state index in [1.807, 2.05) is 36.4 Å². The Morgan fingerprint density at radius 2 is 1.67 bits per heavy atom. The van der Waals surface area contributed by atoms with Crippen LogP contribution in [0.5, 0.6) is 5.75 Å². The van der Waals surface area contributed by atoms with Crippen molar-refractivity contribution in [3.8, 4) is 5.75 Å². The summed E-state index contributed by atoms with van der Waals surface area (Å²) in [5, 5.41) is 0.739. The zero-order chi connectivity index (χ0) is 10.5. The highest BCUT2D eigenvalue weighted by atomic mass is 35.5. The Balaban J connectivity index is 1.96. The van der Waals surface area contributed by atoms with E-state index in [-0.39, 0.29) is 0 Å². The van der Waals surface area contributed by atoms with Crippen molar-refractivity contribution in [1.82, 2.24) is 4.98 Å². The summed E-state index contributed by atoms with van der Waals surface area (Å²) in [5.74, 6) is 0.819. The molecule has 1 heterocycles. The maximum absolute atomic E-state index is 5.78. The summed E-state index contributed by atoms with van der Waals surface area (Å²) in [7, 11) is 0. The van der Waals surface area contributed by atoms with Crippen LogP contribution in [-0.4, -0.2) is 4.98 Å². The molecule has 0 unspecified atom stereocenters. The summed E-state index contributed by atoms with van der Waals surface area (Å²) in [6.07, 6.45) is 3.41. The molecule has 0 bridgehead atoms. The van der Waals surface area contributed by atoms with Gasteiger partial charge in [0.05, 0.1) is 0 Å². The Morgan fingerprint density at radius 3 is 2.33 bits per heavy atom. The Labute approximate surface area is 93.5 Å². The summed E-state index contributed by atoms with van der Waals surface area (Å²) in [4.78, 5) is 3.91. The topological polar surface area (TPSA) is 22.1 Å². The molecule has 0 amide bonds. The lowest BCUT2D eigenvalue weighted by Crippen LogP contribution is -1.94. The van der Waals surface area contributed by atoms with E-state index in [4.69, 9.17) is 16.3 Å². The van der Waals surface area contributed by atoms with Crippen molar-refractivity contribution in [2.45, 2.75) is 6.61 Å². The van der Waals surface area contributed by atoms with Crippen LogP contribution >= 0.6 is 11.6 Å². The molecule has 1 aromatic heterocycles. The lowest BCUT2D eigenvalue weighted by atomic mass is 10.2. The van der Waals surface area contributed by atoms with Crippen LogP contribution in [0.15, 0.2) is 48.8 Å². The lowest BCUT2D eigenvalue weighted by Gasteiger charge is -2.05. The number of aromatic nitrogens is 1. The number of hydrogen-bond donors (Lipinski definition) is 0. The zero-order valence-corrected chi connectivity index (χ0v) is 8.82. The fraction of sp³-hybridized carbons (Fsp3) is 0.0833. The van der Waals surface area contributed by atoms with Gasteiger partial charge in [0.2, 0.25) is 0 Å². The third kappa shape index (κ3) is 2.96. The summed E-state index contributed by atoms with van der Waals surface area (Å²) in [6.45, 7) is 0.543. The first kappa shape index (κ1) is 9.99. The Hall–Kier alpha value is -1.54. The number of halogens is 1. The van der Waals surface area contributed by atoms with Crippen LogP contribution in [0.1, 0.15) is 5.56 Å². The Morgan fingerprint density at radius 1 is 1.00 bits per heavy atom. The molecule has 0 radical (unpaired) electrons. The third-order valence-corrected chi connectivity index (χ3v) is 2.22. The molecule has 76 valence electrons. The van der Waals surface area contributed by atoms with Gasteiger partial charge in [0, 0.05) is 17.4 Å². The molecule has 0 saturated heterocycles. The minimum absolute atomic E-state index is 0.543. The lowest BCUT2D eigenvalue weighted by molar-refractivity contribution is 0.306. The summed E-state index contributed by atoms with van der Waals surface area (Å²) in [6, 6.07) is 11.3. The highest BCUT2D eigenvalue weighted by molar-refractivity contribution is 6.30. The fourth-order valence-corrected chi connectivity index (χ4v) is 1.31. The molecule has 2 aromatic rings. The van der Waals surface area contributed by atoms with Crippen LogP contribution in [-0.2, 0) is 6.61 Å². The predicted molar refractivity (Wildman–Crippen MR) is 60.0 cm³/mol. The van der Waals surface area contributed by atoms with Gasteiger partial charge in [-0.25, -0.2) is 0 Å². The normalized spacial score (nSPS) is 9.93. The number of ether oxygens (including phenoxy) is 1. The van der Waals surface area contributed by atoms with E-state index in [2.05, 4.69) is 4.98 Å². The second-order valence-corrected chi connectivity index (χ2v) is 3.53. The van der Waals surface area contributed by atoms with Gasteiger partial charge >= 0.3 is 0 Å². The van der Waals surface area contributed by atoms with Gasteiger partial charge in [-0.05, 0) is 29.8 Å². The molecule has 0 saturated carbocycles. The van der Waals surface area contributed by atoms with Crippen molar-refractivity contribution in [3.05, 3.63) is 59.4 Å². The van der Waals surface area contributed by atoms with Gasteiger partial charge in [0.25, 0.3) is 0 Å². The molecule has 1 aromatic carbocycles. The summed E-state index contributed by atoms with van der Waals surface area (Å²) >= 11 is 5.78. The molecule has 15 heavy (non-hydrogen) atoms. The Bertz CT molecular complexity index is 413. The van der Waals surface area contributed by atoms with Gasteiger partial charge in [-0.15, -0.1) is 0 Å². The molecule has 0 atom stereocenters. The number of pyridine rings is 1. The molecule has 0 spiro atoms. The Kier molecular flexibility index (Phi) is 3.20. The van der Waals surface area contributed by atoms with E-state index in [0.717, 1.165) is 16.3 Å². The number of rotatable bonds is 3. The molecule has 0 aliphatic rings. The van der Waals surface area contributed by atoms with E-state index < -0.39 is 0 Å². The molecule has 0 aliphatic heterocycles. The second-order valence-electron chi connectivity index (χ2n) is 3.10. The average Bonchev–Trinajstić information content (AvgIpc) is 2.30. The number of nitrogens with zero attached hydrogens (tertiary/aromatic N) is 1. The largest absolute Gasteiger partial charge is 0.489 e. The van der Waals surface area contributed by atoms with Crippen molar-refractivity contribution >= 4 is 11.6 Å². The highest BCUT2D eigenvalue weighted by Crippen LogP contribution is 2.13. The van der Waals surface area contributed by atoms with Gasteiger partial charge in [0.1, 0.15) is 12.4 Å². The molecule has 0 N–H and O–H groups in total. The first-order valence-electron chi connectivity index (χ1n) is 4.62. The molecular formula is C12H10ClNO. The van der Waals surface area contributed by atoms with Crippen molar-refractivity contribution in [3.63, 3.8) is 0 Å². The standard InChI is InChI=1S/C12H10ClNO/c13-11-3-1-10(2-4-11)9-15-12-5-7-14-8-6-12/h1-8H,9H2. The third-order valence-electron chi connectivity index (χ3n) is 1.97. The van der Waals surface area contributed by atoms with Crippen LogP contribution in [0, 0.1) is 0 Å². The SMILES string of the molecule is Clc1ccc(COc2ccncc2)cc1. The molecule has 0 aliphatic carbocycles. The van der Waals surface area contributed by atoms with Gasteiger partial charge in [-0.2, -0.15) is 0 Å². The van der Waals surface area contributed by atoms with Crippen molar-refractivity contribution in [2.75, 3.05) is 0 Å². The van der Waals surface area contributed by atoms with Crippen LogP contribution in [0.2, 0.25) is 5.02 Å². The average molecular weight is 220 g/mol. The maximum Gasteiger partial charge on any atom is 0.122 e. The predicted octanol–water partition coefficient (Wildman–Crippen LogP) is 3.31. The van der Waals surface area contributed by atoms with E-state index in [1.54, 1.807) is 12.4 Å². The quantitative estimate of drug-likeness (QED) is 0.790. The first-order chi connectivity index (χ1) is 7.34. The monoisotopic (exact) mass is 219 g/mol. The van der Waals surface area contributed by atoms with Crippen LogP contribution in [0.25, 0.3) is 0 Å². The minimum atomic E-state index is 0.543. The van der Waals surface area contributed by atoms with Crippen LogP contribution < -0.4 is 4.74 Å². The van der Waals surface area contributed by atoms with Crippen LogP contribution in [0.3, 0.4) is 0 Å². The number of hydrogen-bond acceptors (Lipinski definition) is 2. The van der Waals surface area contributed by atoms with Crippen molar-refractivity contribution in [1.29, 1.82) is 0 Å². The van der Waals surface area contributed by atoms with Gasteiger partial charge < -0.3 is 4.74 Å². The molecule has 0 fully saturated rings. The van der Waals surface area contributed by atoms with Crippen LogP contribution in [0.4, 0.5) is 0 Å². The van der Waals surface area contributed by atoms with E-state index in [0.29, 0.717) is 6.61 Å². The van der Waals surface area contributed by atoms with E-state index in [9.17, 15) is 0 Å². The summed E-state index contributed by atoms with van der Waals surface area (Å²) < 4.78 is 5.55. The molecule has 3 heteroatoms. The summed E-state index contributed by atoms with van der Waals surface area (Å²) in [5.41, 5.74) is 1.09. The second kappa shape index (κ2) is 4.80. The number of benzene rings is 1. The molecule has 2 nitrogen and oxygen atoms in total. The zero-order valence-electron chi connectivity index (χ0n) is 8.06. The maximum atomic E-state index is 5.78. The molecule has 2 rings (SSSR count). The smallest absolute Gasteiger partial charge is 0.122 e. The first-order valence-corrected chi connectivity index (χ1v) is 5.00. The van der Waals surface area contributed by atoms with Gasteiger partial charge in [-0.1, -0.05) is 23.7 Å². The highest BCUT2D eigenvalue weighted by Gasteiger charge is 1.95. The van der Waals surface area contributed by atoms with Gasteiger partial charge in [0.15, 0.2) is 0 Å². The van der Waals surface area contributed by atoms with E-state index in [1.165, 1.54) is 0 Å². The van der Waals surface area contributed by atoms with Crippen molar-refractivity contribution < 1.29 is 4.74 Å². The van der Waals surface area contributed by atoms with Gasteiger partial charge in [-0.3, -0.25) is 4.98 Å². The molecular weight excluding hydrogens is 210 g/mol. The fourth-order valence-electron chi connectivity index (χ4n) is 1.18. The van der Waals surface area contributed by atoms with Crippen molar-refractivity contribution in [2.24, 2.45) is 0 Å². The minimum Gasteiger partial charge on any atom is -0.489 e. The van der Waals surface area contributed by atoms with E-state index >= 15 is 0 Å².